The maximum atomic E-state index is 12.1. The van der Waals surface area contributed by atoms with Gasteiger partial charge in [-0.3, -0.25) is 0 Å². The summed E-state index contributed by atoms with van der Waals surface area (Å²) in [7, 11) is -3.34. The average molecular weight is 343 g/mol. The second-order valence-electron chi connectivity index (χ2n) is 5.19. The van der Waals surface area contributed by atoms with E-state index in [0.717, 1.165) is 12.8 Å². The Hall–Kier alpha value is -1.44. The Kier molecular flexibility index (Phi) is 4.46. The summed E-state index contributed by atoms with van der Waals surface area (Å²) in [5.74, 6) is 0.0740. The van der Waals surface area contributed by atoms with Gasteiger partial charge in [0.15, 0.2) is 15.7 Å². The minimum atomic E-state index is -3.34. The second kappa shape index (κ2) is 6.36. The van der Waals surface area contributed by atoms with Crippen molar-refractivity contribution in [3.8, 4) is 11.5 Å². The molecule has 1 aromatic carbocycles. The Morgan fingerprint density at radius 3 is 2.86 bits per heavy atom. The predicted molar refractivity (Wildman–Crippen MR) is 81.2 cm³/mol. The zero-order valence-corrected chi connectivity index (χ0v) is 13.3. The molecular weight excluding hydrogens is 328 g/mol. The van der Waals surface area contributed by atoms with Crippen molar-refractivity contribution in [2.75, 3.05) is 12.4 Å². The van der Waals surface area contributed by atoms with Crippen LogP contribution >= 0.6 is 11.6 Å². The molecule has 0 amide bonds. The molecule has 0 unspecified atom stereocenters. The van der Waals surface area contributed by atoms with E-state index in [4.69, 9.17) is 20.9 Å². The molecule has 2 heterocycles. The minimum absolute atomic E-state index is 0.0109. The lowest BCUT2D eigenvalue weighted by Gasteiger charge is -2.08. The van der Waals surface area contributed by atoms with Crippen molar-refractivity contribution in [2.24, 2.45) is 0 Å². The summed E-state index contributed by atoms with van der Waals surface area (Å²) in [6.45, 7) is 0.624. The van der Waals surface area contributed by atoms with E-state index in [1.807, 2.05) is 0 Å². The first kappa shape index (κ1) is 15.5. The first-order valence-corrected chi connectivity index (χ1v) is 9.13. The van der Waals surface area contributed by atoms with Crippen LogP contribution in [0.2, 0.25) is 5.02 Å². The summed E-state index contributed by atoms with van der Waals surface area (Å²) in [4.78, 5) is 4.12. The molecule has 3 rings (SSSR count). The summed E-state index contributed by atoms with van der Waals surface area (Å²) in [5.41, 5.74) is 0.583. The monoisotopic (exact) mass is 342 g/mol. The van der Waals surface area contributed by atoms with Gasteiger partial charge in [0.2, 0.25) is 0 Å². The predicted octanol–water partition coefficient (Wildman–Crippen LogP) is 2.48. The molecule has 6 nitrogen and oxygen atoms in total. The van der Waals surface area contributed by atoms with Crippen molar-refractivity contribution >= 4 is 21.4 Å². The summed E-state index contributed by atoms with van der Waals surface area (Å²) >= 11 is 6.05. The smallest absolute Gasteiger partial charge is 0.259 e. The largest absolute Gasteiger partial charge is 0.377 e. The average Bonchev–Trinajstić information content (AvgIpc) is 3.10. The molecule has 0 N–H and O–H groups in total. The molecule has 1 atom stereocenters. The Morgan fingerprint density at radius 1 is 1.32 bits per heavy atom. The van der Waals surface area contributed by atoms with Gasteiger partial charge in [-0.05, 0) is 25.0 Å². The van der Waals surface area contributed by atoms with Gasteiger partial charge >= 0.3 is 0 Å². The number of ether oxygens (including phenoxy) is 1. The molecule has 8 heteroatoms. The van der Waals surface area contributed by atoms with Gasteiger partial charge in [0.25, 0.3) is 5.89 Å². The molecule has 0 saturated carbocycles. The van der Waals surface area contributed by atoms with E-state index in [1.54, 1.807) is 24.3 Å². The van der Waals surface area contributed by atoms with Gasteiger partial charge in [-0.2, -0.15) is 4.98 Å². The molecule has 0 bridgehead atoms. The van der Waals surface area contributed by atoms with Crippen LogP contribution in [0.15, 0.2) is 28.8 Å². The van der Waals surface area contributed by atoms with E-state index in [9.17, 15) is 8.42 Å². The lowest BCUT2D eigenvalue weighted by Crippen LogP contribution is -2.21. The van der Waals surface area contributed by atoms with Crippen molar-refractivity contribution in [3.05, 3.63) is 35.1 Å². The highest BCUT2D eigenvalue weighted by atomic mass is 35.5. The maximum Gasteiger partial charge on any atom is 0.259 e. The van der Waals surface area contributed by atoms with E-state index in [0.29, 0.717) is 17.2 Å². The van der Waals surface area contributed by atoms with Gasteiger partial charge < -0.3 is 9.26 Å². The molecule has 1 fully saturated rings. The van der Waals surface area contributed by atoms with Crippen molar-refractivity contribution in [2.45, 2.75) is 24.7 Å². The highest BCUT2D eigenvalue weighted by molar-refractivity contribution is 7.90. The topological polar surface area (TPSA) is 82.3 Å². The lowest BCUT2D eigenvalue weighted by atomic mass is 10.2. The molecule has 2 aromatic rings. The summed E-state index contributed by atoms with van der Waals surface area (Å²) < 4.78 is 34.7. The van der Waals surface area contributed by atoms with Crippen LogP contribution in [-0.4, -0.2) is 37.0 Å². The molecule has 1 saturated heterocycles. The third-order valence-electron chi connectivity index (χ3n) is 3.39. The highest BCUT2D eigenvalue weighted by Crippen LogP contribution is 2.26. The molecule has 0 spiro atoms. The highest BCUT2D eigenvalue weighted by Gasteiger charge is 2.25. The molecule has 0 radical (unpaired) electrons. The number of nitrogens with zero attached hydrogens (tertiary/aromatic N) is 2. The number of sulfone groups is 1. The van der Waals surface area contributed by atoms with E-state index < -0.39 is 9.84 Å². The van der Waals surface area contributed by atoms with E-state index in [-0.39, 0.29) is 29.3 Å². The minimum Gasteiger partial charge on any atom is -0.377 e. The fraction of sp³-hybridized carbons (Fsp3) is 0.429. The fourth-order valence-electron chi connectivity index (χ4n) is 2.37. The Balaban J connectivity index is 1.72. The number of halogens is 1. The van der Waals surface area contributed by atoms with Crippen LogP contribution in [-0.2, 0) is 20.3 Å². The standard InChI is InChI=1S/C14H15ClN2O4S/c15-12-6-2-1-5-11(12)14-16-13(17-21-14)9-22(18,19)8-10-4-3-7-20-10/h1-2,5-6,10H,3-4,7-9H2/t10-/m1/s1. The first-order chi connectivity index (χ1) is 10.5. The Morgan fingerprint density at radius 2 is 2.14 bits per heavy atom. The Labute approximate surface area is 133 Å². The third kappa shape index (κ3) is 3.66. The van der Waals surface area contributed by atoms with Gasteiger partial charge in [0, 0.05) is 6.61 Å². The number of hydrogen-bond donors (Lipinski definition) is 0. The molecule has 1 aliphatic heterocycles. The number of hydrogen-bond acceptors (Lipinski definition) is 6. The molecule has 0 aliphatic carbocycles. The molecule has 118 valence electrons. The zero-order chi connectivity index (χ0) is 15.6. The summed E-state index contributed by atoms with van der Waals surface area (Å²) in [5, 5.41) is 4.20. The molecule has 1 aliphatic rings. The first-order valence-electron chi connectivity index (χ1n) is 6.93. The van der Waals surface area contributed by atoms with Gasteiger partial charge in [-0.1, -0.05) is 28.9 Å². The maximum absolute atomic E-state index is 12.1. The van der Waals surface area contributed by atoms with Crippen LogP contribution in [0.3, 0.4) is 0 Å². The number of benzene rings is 1. The lowest BCUT2D eigenvalue weighted by molar-refractivity contribution is 0.127. The zero-order valence-electron chi connectivity index (χ0n) is 11.7. The van der Waals surface area contributed by atoms with Gasteiger partial charge in [0.05, 0.1) is 22.4 Å². The van der Waals surface area contributed by atoms with Crippen LogP contribution in [0.5, 0.6) is 0 Å². The van der Waals surface area contributed by atoms with Gasteiger partial charge in [0.1, 0.15) is 5.75 Å². The third-order valence-corrected chi connectivity index (χ3v) is 5.29. The number of aromatic nitrogens is 2. The fourth-order valence-corrected chi connectivity index (χ4v) is 4.05. The van der Waals surface area contributed by atoms with E-state index in [1.165, 1.54) is 0 Å². The molecule has 22 heavy (non-hydrogen) atoms. The van der Waals surface area contributed by atoms with E-state index in [2.05, 4.69) is 10.1 Å². The van der Waals surface area contributed by atoms with Crippen LogP contribution < -0.4 is 0 Å². The SMILES string of the molecule is O=S(=O)(Cc1noc(-c2ccccc2Cl)n1)C[C@H]1CCCO1. The van der Waals surface area contributed by atoms with Crippen molar-refractivity contribution in [1.82, 2.24) is 10.1 Å². The van der Waals surface area contributed by atoms with Crippen LogP contribution in [0.1, 0.15) is 18.7 Å². The molecular formula is C14H15ClN2O4S. The van der Waals surface area contributed by atoms with Crippen LogP contribution in [0, 0.1) is 0 Å². The van der Waals surface area contributed by atoms with Crippen LogP contribution in [0.25, 0.3) is 11.5 Å². The molecule has 1 aromatic heterocycles. The van der Waals surface area contributed by atoms with Gasteiger partial charge in [-0.25, -0.2) is 8.42 Å². The van der Waals surface area contributed by atoms with E-state index >= 15 is 0 Å². The summed E-state index contributed by atoms with van der Waals surface area (Å²) in [6.07, 6.45) is 1.45. The van der Waals surface area contributed by atoms with Crippen molar-refractivity contribution in [3.63, 3.8) is 0 Å². The second-order valence-corrected chi connectivity index (χ2v) is 7.70. The van der Waals surface area contributed by atoms with Crippen molar-refractivity contribution < 1.29 is 17.7 Å². The van der Waals surface area contributed by atoms with Gasteiger partial charge in [-0.15, -0.1) is 0 Å². The van der Waals surface area contributed by atoms with Crippen LogP contribution in [0.4, 0.5) is 0 Å². The quantitative estimate of drug-likeness (QED) is 0.830. The van der Waals surface area contributed by atoms with Crippen molar-refractivity contribution in [1.29, 1.82) is 0 Å². The summed E-state index contributed by atoms with van der Waals surface area (Å²) in [6, 6.07) is 7.02. The number of rotatable bonds is 5. The normalized spacial score (nSPS) is 18.7. The Bertz CT molecular complexity index is 754.